The Labute approximate surface area is 110 Å². The molecule has 3 rings (SSSR count). The van der Waals surface area contributed by atoms with Crippen molar-refractivity contribution >= 4 is 38.3 Å². The van der Waals surface area contributed by atoms with Gasteiger partial charge < -0.3 is 10.1 Å². The molecule has 2 N–H and O–H groups in total. The van der Waals surface area contributed by atoms with E-state index in [0.717, 1.165) is 25.5 Å². The monoisotopic (exact) mass is 308 g/mol. The van der Waals surface area contributed by atoms with E-state index in [0.29, 0.717) is 0 Å². The lowest BCUT2D eigenvalue weighted by Crippen LogP contribution is -1.72. The van der Waals surface area contributed by atoms with E-state index in [-0.39, 0.29) is 5.75 Å². The molecule has 0 saturated heterocycles. The fourth-order valence-electron chi connectivity index (χ4n) is 1.69. The molecule has 0 amide bonds. The molecule has 0 aliphatic rings. The van der Waals surface area contributed by atoms with Gasteiger partial charge in [0.15, 0.2) is 0 Å². The van der Waals surface area contributed by atoms with Crippen LogP contribution in [0.25, 0.3) is 21.7 Å². The number of nitrogens with zero attached hydrogens (tertiary/aromatic N) is 1. The Morgan fingerprint density at radius 3 is 2.88 bits per heavy atom. The Hall–Kier alpha value is -1.33. The number of phenolic OH excluding ortho intramolecular Hbond substituents is 1. The lowest BCUT2D eigenvalue weighted by Gasteiger charge is -1.88. The van der Waals surface area contributed by atoms with Gasteiger partial charge in [-0.1, -0.05) is 0 Å². The number of fused-ring (bicyclic) bond motifs is 1. The van der Waals surface area contributed by atoms with Crippen molar-refractivity contribution in [1.29, 1.82) is 0 Å². The topological polar surface area (TPSA) is 48.9 Å². The zero-order valence-electron chi connectivity index (χ0n) is 8.99. The van der Waals surface area contributed by atoms with E-state index in [1.165, 1.54) is 5.56 Å². The number of aromatic amines is 1. The number of aryl methyl sites for hydroxylation is 1. The molecule has 0 aliphatic carbocycles. The average molecular weight is 309 g/mol. The number of hydrogen-bond donors (Lipinski definition) is 2. The lowest BCUT2D eigenvalue weighted by molar-refractivity contribution is 0.476. The van der Waals surface area contributed by atoms with Gasteiger partial charge in [0, 0.05) is 6.07 Å². The van der Waals surface area contributed by atoms with Gasteiger partial charge in [0.1, 0.15) is 11.6 Å². The fourth-order valence-corrected chi connectivity index (χ4v) is 3.17. The minimum atomic E-state index is 0.247. The number of nitrogens with one attached hydrogen (secondary N) is 1. The Bertz CT molecular complexity index is 682. The van der Waals surface area contributed by atoms with Crippen LogP contribution in [0.5, 0.6) is 5.75 Å². The molecule has 3 nitrogen and oxygen atoms in total. The van der Waals surface area contributed by atoms with Gasteiger partial charge in [-0.3, -0.25) is 0 Å². The first-order valence-electron chi connectivity index (χ1n) is 5.08. The molecule has 0 spiro atoms. The molecule has 86 valence electrons. The number of hydrogen-bond acceptors (Lipinski definition) is 3. The molecule has 1 aromatic carbocycles. The highest BCUT2D eigenvalue weighted by Crippen LogP contribution is 2.34. The van der Waals surface area contributed by atoms with Gasteiger partial charge in [-0.05, 0) is 46.6 Å². The summed E-state index contributed by atoms with van der Waals surface area (Å²) in [5.74, 6) is 1.08. The minimum Gasteiger partial charge on any atom is -0.508 e. The first-order valence-corrected chi connectivity index (χ1v) is 6.69. The normalized spacial score (nSPS) is 11.2. The highest BCUT2D eigenvalue weighted by Gasteiger charge is 2.10. The first kappa shape index (κ1) is 10.8. The molecule has 0 radical (unpaired) electrons. The van der Waals surface area contributed by atoms with Crippen LogP contribution >= 0.6 is 27.3 Å². The maximum Gasteiger partial charge on any atom is 0.148 e. The molecule has 3 aromatic rings. The van der Waals surface area contributed by atoms with E-state index in [1.54, 1.807) is 29.5 Å². The quantitative estimate of drug-likeness (QED) is 0.712. The van der Waals surface area contributed by atoms with Crippen LogP contribution in [0.1, 0.15) is 5.56 Å². The smallest absolute Gasteiger partial charge is 0.148 e. The number of H-pyrrole nitrogens is 1. The zero-order chi connectivity index (χ0) is 12.0. The number of halogens is 1. The maximum absolute atomic E-state index is 9.41. The third-order valence-electron chi connectivity index (χ3n) is 2.56. The molecular formula is C12H9BrN2OS. The van der Waals surface area contributed by atoms with Gasteiger partial charge in [-0.2, -0.15) is 0 Å². The molecule has 0 atom stereocenters. The van der Waals surface area contributed by atoms with Crippen molar-refractivity contribution < 1.29 is 5.11 Å². The Kier molecular flexibility index (Phi) is 2.45. The average Bonchev–Trinajstić information content (AvgIpc) is 2.83. The van der Waals surface area contributed by atoms with Gasteiger partial charge in [0.05, 0.1) is 19.7 Å². The summed E-state index contributed by atoms with van der Waals surface area (Å²) < 4.78 is 1.12. The van der Waals surface area contributed by atoms with Crippen molar-refractivity contribution in [3.05, 3.63) is 33.6 Å². The molecule has 0 saturated carbocycles. The largest absolute Gasteiger partial charge is 0.508 e. The molecule has 0 fully saturated rings. The van der Waals surface area contributed by atoms with E-state index in [2.05, 4.69) is 38.9 Å². The number of imidazole rings is 1. The summed E-state index contributed by atoms with van der Waals surface area (Å²) in [4.78, 5) is 8.80. The van der Waals surface area contributed by atoms with Crippen LogP contribution in [0.15, 0.2) is 28.1 Å². The van der Waals surface area contributed by atoms with Gasteiger partial charge in [-0.25, -0.2) is 4.98 Å². The number of aromatic nitrogens is 2. The number of aromatic hydroxyl groups is 1. The van der Waals surface area contributed by atoms with Crippen LogP contribution in [-0.4, -0.2) is 15.1 Å². The number of thiophene rings is 1. The summed E-state index contributed by atoms with van der Waals surface area (Å²) in [7, 11) is 0. The summed E-state index contributed by atoms with van der Waals surface area (Å²) in [5.41, 5.74) is 2.91. The highest BCUT2D eigenvalue weighted by atomic mass is 79.9. The maximum atomic E-state index is 9.41. The second-order valence-electron chi connectivity index (χ2n) is 3.85. The molecule has 0 unspecified atom stereocenters. The van der Waals surface area contributed by atoms with Crippen molar-refractivity contribution in [2.45, 2.75) is 6.92 Å². The van der Waals surface area contributed by atoms with E-state index in [1.807, 2.05) is 0 Å². The summed E-state index contributed by atoms with van der Waals surface area (Å²) >= 11 is 5.15. The number of phenols is 1. The Morgan fingerprint density at radius 2 is 2.18 bits per heavy atom. The van der Waals surface area contributed by atoms with E-state index >= 15 is 0 Å². The van der Waals surface area contributed by atoms with Crippen molar-refractivity contribution in [1.82, 2.24) is 9.97 Å². The predicted molar refractivity (Wildman–Crippen MR) is 73.5 cm³/mol. The van der Waals surface area contributed by atoms with Crippen molar-refractivity contribution in [3.8, 4) is 16.5 Å². The van der Waals surface area contributed by atoms with Crippen molar-refractivity contribution in [2.75, 3.05) is 0 Å². The molecule has 0 bridgehead atoms. The van der Waals surface area contributed by atoms with Gasteiger partial charge in [-0.15, -0.1) is 11.3 Å². The van der Waals surface area contributed by atoms with E-state index < -0.39 is 0 Å². The van der Waals surface area contributed by atoms with Crippen LogP contribution in [0.2, 0.25) is 0 Å². The van der Waals surface area contributed by atoms with Crippen LogP contribution in [0.4, 0.5) is 0 Å². The van der Waals surface area contributed by atoms with E-state index in [9.17, 15) is 5.11 Å². The van der Waals surface area contributed by atoms with Gasteiger partial charge >= 0.3 is 0 Å². The number of benzene rings is 1. The third kappa shape index (κ3) is 1.85. The molecule has 0 aliphatic heterocycles. The fraction of sp³-hybridized carbons (Fsp3) is 0.0833. The second kappa shape index (κ2) is 3.85. The molecule has 5 heteroatoms. The van der Waals surface area contributed by atoms with Crippen LogP contribution in [0, 0.1) is 6.92 Å². The third-order valence-corrected chi connectivity index (χ3v) is 4.70. The first-order chi connectivity index (χ1) is 8.13. The Morgan fingerprint density at radius 1 is 1.35 bits per heavy atom. The van der Waals surface area contributed by atoms with Crippen LogP contribution < -0.4 is 0 Å². The van der Waals surface area contributed by atoms with Crippen LogP contribution in [0.3, 0.4) is 0 Å². The summed E-state index contributed by atoms with van der Waals surface area (Å²) in [5, 5.41) is 9.41. The number of rotatable bonds is 1. The molecule has 2 aromatic heterocycles. The second-order valence-corrected chi connectivity index (χ2v) is 6.22. The summed E-state index contributed by atoms with van der Waals surface area (Å²) in [6.45, 7) is 2.05. The lowest BCUT2D eigenvalue weighted by atomic mass is 10.3. The molecular weight excluding hydrogens is 300 g/mol. The van der Waals surface area contributed by atoms with E-state index in [4.69, 9.17) is 0 Å². The van der Waals surface area contributed by atoms with Gasteiger partial charge in [0.2, 0.25) is 0 Å². The molecule has 2 heterocycles. The zero-order valence-corrected chi connectivity index (χ0v) is 11.4. The summed E-state index contributed by atoms with van der Waals surface area (Å²) in [6, 6.07) is 7.22. The SMILES string of the molecule is Cc1cc(-c2nc3ccc(O)cc3[nH]2)sc1Br. The van der Waals surface area contributed by atoms with Crippen molar-refractivity contribution in [2.24, 2.45) is 0 Å². The predicted octanol–water partition coefficient (Wildman–Crippen LogP) is 4.07. The molecule has 17 heavy (non-hydrogen) atoms. The van der Waals surface area contributed by atoms with Crippen molar-refractivity contribution in [3.63, 3.8) is 0 Å². The highest BCUT2D eigenvalue weighted by molar-refractivity contribution is 9.11. The van der Waals surface area contributed by atoms with Crippen LogP contribution in [-0.2, 0) is 0 Å². The summed E-state index contributed by atoms with van der Waals surface area (Å²) in [6.07, 6.45) is 0. The standard InChI is InChI=1S/C12H9BrN2OS/c1-6-4-10(17-11(6)13)12-14-8-3-2-7(16)5-9(8)15-12/h2-5,16H,1H3,(H,14,15). The Balaban J connectivity index is 2.17. The van der Waals surface area contributed by atoms with Gasteiger partial charge in [0.25, 0.3) is 0 Å². The minimum absolute atomic E-state index is 0.247.